The summed E-state index contributed by atoms with van der Waals surface area (Å²) in [7, 11) is -3.33. The normalized spacial score (nSPS) is 13.9. The van der Waals surface area contributed by atoms with E-state index in [1.165, 1.54) is 4.31 Å². The molecule has 96 valence electrons. The number of rotatable bonds is 5. The summed E-state index contributed by atoms with van der Waals surface area (Å²) in [4.78, 5) is 0.352. The summed E-state index contributed by atoms with van der Waals surface area (Å²) in [6, 6.07) is 7.14. The molecule has 1 rings (SSSR count). The van der Waals surface area contributed by atoms with Crippen LogP contribution in [0.25, 0.3) is 0 Å². The first-order chi connectivity index (χ1) is 7.93. The molecule has 4 nitrogen and oxygen atoms in total. The first-order valence-electron chi connectivity index (χ1n) is 5.86. The lowest BCUT2D eigenvalue weighted by atomic mass is 10.1. The van der Waals surface area contributed by atoms with Gasteiger partial charge in [0.05, 0.1) is 4.90 Å². The minimum Gasteiger partial charge on any atom is -0.352 e. The van der Waals surface area contributed by atoms with Gasteiger partial charge in [-0.15, -0.1) is 0 Å². The zero-order valence-corrected chi connectivity index (χ0v) is 11.5. The first-order valence-corrected chi connectivity index (χ1v) is 7.30. The number of hydrogen-bond donors (Lipinski definition) is 1. The van der Waals surface area contributed by atoms with E-state index in [0.717, 1.165) is 5.56 Å². The summed E-state index contributed by atoms with van der Waals surface area (Å²) in [5.74, 6) is 0. The Kier molecular flexibility index (Phi) is 4.68. The molecule has 1 aromatic rings. The van der Waals surface area contributed by atoms with Crippen molar-refractivity contribution in [2.24, 2.45) is 0 Å². The highest BCUT2D eigenvalue weighted by Gasteiger charge is 2.21. The van der Waals surface area contributed by atoms with Gasteiger partial charge >= 0.3 is 0 Å². The summed E-state index contributed by atoms with van der Waals surface area (Å²) < 4.78 is 25.8. The maximum atomic E-state index is 12.2. The fourth-order valence-electron chi connectivity index (χ4n) is 1.68. The monoisotopic (exact) mass is 257 g/mol. The third-order valence-corrected chi connectivity index (χ3v) is 4.86. The van der Waals surface area contributed by atoms with Gasteiger partial charge in [-0.05, 0) is 19.1 Å². The molecule has 0 aliphatic heterocycles. The third-order valence-electron chi connectivity index (χ3n) is 2.79. The molecule has 0 amide bonds. The van der Waals surface area contributed by atoms with Crippen LogP contribution in [0, 0.1) is 0 Å². The molecule has 0 aliphatic rings. The van der Waals surface area contributed by atoms with E-state index in [9.17, 15) is 8.42 Å². The predicted molar refractivity (Wildman–Crippen MR) is 67.9 cm³/mol. The molecule has 0 radical (unpaired) electrons. The molecule has 3 N–H and O–H groups in total. The fraction of sp³-hybridized carbons (Fsp3) is 0.500. The molecule has 1 atom stereocenters. The maximum Gasteiger partial charge on any atom is 0.243 e. The van der Waals surface area contributed by atoms with E-state index in [4.69, 9.17) is 0 Å². The molecule has 5 heteroatoms. The Labute approximate surface area is 103 Å². The highest BCUT2D eigenvalue weighted by atomic mass is 32.2. The minimum absolute atomic E-state index is 0.167. The number of quaternary nitrogens is 1. The standard InChI is InChI=1S/C12H20N2O2S/c1-4-14(5-2)17(15,16)12-8-6-11(7-9-12)10(3)13/h6-10H,4-5,13H2,1-3H3/p+1/t10-/m1/s1. The Morgan fingerprint density at radius 3 is 2.00 bits per heavy atom. The van der Waals surface area contributed by atoms with Crippen molar-refractivity contribution in [2.45, 2.75) is 31.7 Å². The molecule has 0 bridgehead atoms. The van der Waals surface area contributed by atoms with Gasteiger partial charge in [-0.25, -0.2) is 8.42 Å². The lowest BCUT2D eigenvalue weighted by Crippen LogP contribution is -2.51. The molecule has 0 aromatic heterocycles. The predicted octanol–water partition coefficient (Wildman–Crippen LogP) is 1.02. The van der Waals surface area contributed by atoms with Crippen molar-refractivity contribution in [3.8, 4) is 0 Å². The van der Waals surface area contributed by atoms with Crippen molar-refractivity contribution in [3.05, 3.63) is 29.8 Å². The lowest BCUT2D eigenvalue weighted by Gasteiger charge is -2.18. The number of hydrogen-bond acceptors (Lipinski definition) is 2. The zero-order valence-electron chi connectivity index (χ0n) is 10.7. The van der Waals surface area contributed by atoms with E-state index in [1.54, 1.807) is 12.1 Å². The zero-order chi connectivity index (χ0) is 13.1. The Balaban J connectivity index is 3.08. The van der Waals surface area contributed by atoms with Crippen LogP contribution >= 0.6 is 0 Å². The Morgan fingerprint density at radius 2 is 1.65 bits per heavy atom. The Bertz CT molecular complexity index is 448. The van der Waals surface area contributed by atoms with Gasteiger partial charge in [0.25, 0.3) is 0 Å². The average Bonchev–Trinajstić information content (AvgIpc) is 2.30. The van der Waals surface area contributed by atoms with Crippen LogP contribution in [-0.4, -0.2) is 25.8 Å². The highest BCUT2D eigenvalue weighted by molar-refractivity contribution is 7.89. The third kappa shape index (κ3) is 3.06. The van der Waals surface area contributed by atoms with E-state index in [1.807, 2.05) is 32.9 Å². The Morgan fingerprint density at radius 1 is 1.18 bits per heavy atom. The van der Waals surface area contributed by atoms with Crippen molar-refractivity contribution < 1.29 is 14.2 Å². The van der Waals surface area contributed by atoms with Crippen LogP contribution in [0.2, 0.25) is 0 Å². The van der Waals surface area contributed by atoms with Crippen LogP contribution in [0.1, 0.15) is 32.4 Å². The number of benzene rings is 1. The van der Waals surface area contributed by atoms with E-state index in [2.05, 4.69) is 5.73 Å². The van der Waals surface area contributed by atoms with Crippen LogP contribution < -0.4 is 5.73 Å². The van der Waals surface area contributed by atoms with Crippen LogP contribution in [0.4, 0.5) is 0 Å². The lowest BCUT2D eigenvalue weighted by molar-refractivity contribution is -0.420. The molecule has 0 heterocycles. The van der Waals surface area contributed by atoms with Gasteiger partial charge in [0.2, 0.25) is 10.0 Å². The quantitative estimate of drug-likeness (QED) is 0.856. The minimum atomic E-state index is -3.33. The van der Waals surface area contributed by atoms with Gasteiger partial charge in [0.1, 0.15) is 6.04 Å². The van der Waals surface area contributed by atoms with Crippen molar-refractivity contribution in [1.29, 1.82) is 0 Å². The van der Waals surface area contributed by atoms with E-state index < -0.39 is 10.0 Å². The van der Waals surface area contributed by atoms with Crippen molar-refractivity contribution in [1.82, 2.24) is 4.31 Å². The second-order valence-corrected chi connectivity index (χ2v) is 6.00. The molecular formula is C12H21N2O2S+. The van der Waals surface area contributed by atoms with E-state index in [0.29, 0.717) is 18.0 Å². The van der Waals surface area contributed by atoms with Gasteiger partial charge in [-0.3, -0.25) is 0 Å². The van der Waals surface area contributed by atoms with Crippen LogP contribution in [0.15, 0.2) is 29.2 Å². The van der Waals surface area contributed by atoms with Crippen molar-refractivity contribution in [2.75, 3.05) is 13.1 Å². The van der Waals surface area contributed by atoms with Gasteiger partial charge in [-0.1, -0.05) is 26.0 Å². The van der Waals surface area contributed by atoms with Crippen LogP contribution in [-0.2, 0) is 10.0 Å². The Hall–Kier alpha value is -0.910. The average molecular weight is 257 g/mol. The fourth-order valence-corrected chi connectivity index (χ4v) is 3.14. The van der Waals surface area contributed by atoms with Crippen molar-refractivity contribution in [3.63, 3.8) is 0 Å². The summed E-state index contributed by atoms with van der Waals surface area (Å²) >= 11 is 0. The maximum absolute atomic E-state index is 12.2. The van der Waals surface area contributed by atoms with Gasteiger partial charge in [-0.2, -0.15) is 4.31 Å². The second-order valence-electron chi connectivity index (χ2n) is 4.06. The van der Waals surface area contributed by atoms with E-state index >= 15 is 0 Å². The van der Waals surface area contributed by atoms with Gasteiger partial charge in [0, 0.05) is 18.7 Å². The summed E-state index contributed by atoms with van der Waals surface area (Å²) in [5, 5.41) is 0. The molecule has 0 spiro atoms. The molecule has 0 aliphatic carbocycles. The summed E-state index contributed by atoms with van der Waals surface area (Å²) in [6.45, 7) is 6.65. The number of sulfonamides is 1. The first kappa shape index (κ1) is 14.2. The second kappa shape index (κ2) is 5.62. The molecule has 0 fully saturated rings. The topological polar surface area (TPSA) is 65.0 Å². The van der Waals surface area contributed by atoms with E-state index in [-0.39, 0.29) is 6.04 Å². The smallest absolute Gasteiger partial charge is 0.243 e. The number of nitrogens with zero attached hydrogens (tertiary/aromatic N) is 1. The SMILES string of the molecule is CCN(CC)S(=O)(=O)c1ccc([C@@H](C)[NH3+])cc1. The van der Waals surface area contributed by atoms with Crippen LogP contribution in [0.5, 0.6) is 0 Å². The summed E-state index contributed by atoms with van der Waals surface area (Å²) in [6.07, 6.45) is 0. The highest BCUT2D eigenvalue weighted by Crippen LogP contribution is 2.17. The van der Waals surface area contributed by atoms with Crippen molar-refractivity contribution >= 4 is 10.0 Å². The molecule has 17 heavy (non-hydrogen) atoms. The largest absolute Gasteiger partial charge is 0.352 e. The van der Waals surface area contributed by atoms with Crippen LogP contribution in [0.3, 0.4) is 0 Å². The molecular weight excluding hydrogens is 236 g/mol. The molecule has 0 unspecified atom stereocenters. The van der Waals surface area contributed by atoms with Gasteiger partial charge in [0.15, 0.2) is 0 Å². The summed E-state index contributed by atoms with van der Waals surface area (Å²) in [5.41, 5.74) is 4.95. The molecule has 1 aromatic carbocycles. The molecule has 0 saturated carbocycles. The van der Waals surface area contributed by atoms with Gasteiger partial charge < -0.3 is 5.73 Å². The molecule has 0 saturated heterocycles.